The summed E-state index contributed by atoms with van der Waals surface area (Å²) in [7, 11) is 0. The summed E-state index contributed by atoms with van der Waals surface area (Å²) in [5.74, 6) is 0.817. The Bertz CT molecular complexity index is 1170. The van der Waals surface area contributed by atoms with Crippen LogP contribution in [0.15, 0.2) is 79.0 Å². The third kappa shape index (κ3) is 3.59. The molecular formula is C24H21N5O. The van der Waals surface area contributed by atoms with Crippen LogP contribution in [-0.2, 0) is 0 Å². The van der Waals surface area contributed by atoms with E-state index in [9.17, 15) is 4.79 Å². The first-order chi connectivity index (χ1) is 14.8. The van der Waals surface area contributed by atoms with Gasteiger partial charge in [-0.1, -0.05) is 42.5 Å². The third-order valence-electron chi connectivity index (χ3n) is 5.47. The van der Waals surface area contributed by atoms with Gasteiger partial charge in [-0.3, -0.25) is 9.78 Å². The first kappa shape index (κ1) is 18.2. The van der Waals surface area contributed by atoms with Crippen molar-refractivity contribution < 1.29 is 4.79 Å². The first-order valence-electron chi connectivity index (χ1n) is 10.1. The Morgan fingerprint density at radius 3 is 2.30 bits per heavy atom. The molecule has 6 nitrogen and oxygen atoms in total. The zero-order valence-electron chi connectivity index (χ0n) is 16.5. The lowest BCUT2D eigenvalue weighted by atomic mass is 10.1. The molecule has 1 amide bonds. The molecule has 0 unspecified atom stereocenters. The maximum atomic E-state index is 12.6. The molecule has 148 valence electrons. The van der Waals surface area contributed by atoms with Crippen molar-refractivity contribution in [3.8, 4) is 11.3 Å². The van der Waals surface area contributed by atoms with Crippen molar-refractivity contribution in [2.45, 2.75) is 0 Å². The molecule has 5 rings (SSSR count). The number of benzene rings is 2. The molecule has 4 aromatic rings. The number of carbonyl (C=O) groups excluding carboxylic acids is 1. The van der Waals surface area contributed by atoms with E-state index in [1.165, 1.54) is 10.8 Å². The number of nitrogens with zero attached hydrogens (tertiary/aromatic N) is 5. The molecule has 0 bridgehead atoms. The van der Waals surface area contributed by atoms with Crippen LogP contribution in [0.2, 0.25) is 0 Å². The van der Waals surface area contributed by atoms with Gasteiger partial charge in [-0.15, -0.1) is 10.2 Å². The van der Waals surface area contributed by atoms with E-state index in [0.717, 1.165) is 30.2 Å². The van der Waals surface area contributed by atoms with E-state index in [-0.39, 0.29) is 5.91 Å². The van der Waals surface area contributed by atoms with E-state index in [1.54, 1.807) is 12.3 Å². The molecule has 0 N–H and O–H groups in total. The molecule has 0 saturated carbocycles. The van der Waals surface area contributed by atoms with E-state index in [2.05, 4.69) is 50.4 Å². The summed E-state index contributed by atoms with van der Waals surface area (Å²) in [6.07, 6.45) is 1.65. The molecule has 30 heavy (non-hydrogen) atoms. The Kier molecular flexibility index (Phi) is 4.81. The number of piperazine rings is 1. The Morgan fingerprint density at radius 1 is 0.767 bits per heavy atom. The van der Waals surface area contributed by atoms with Crippen LogP contribution in [0, 0.1) is 0 Å². The summed E-state index contributed by atoms with van der Waals surface area (Å²) >= 11 is 0. The first-order valence-corrected chi connectivity index (χ1v) is 10.1. The van der Waals surface area contributed by atoms with Crippen molar-refractivity contribution in [2.24, 2.45) is 0 Å². The van der Waals surface area contributed by atoms with Crippen LogP contribution in [0.4, 0.5) is 5.82 Å². The average molecular weight is 395 g/mol. The second-order valence-corrected chi connectivity index (χ2v) is 7.33. The van der Waals surface area contributed by atoms with Crippen molar-refractivity contribution in [1.82, 2.24) is 20.1 Å². The zero-order chi connectivity index (χ0) is 20.3. The SMILES string of the molecule is O=C(c1ccccn1)N1CCN(c2ccc(-c3ccc4ccccc4c3)nn2)CC1. The highest BCUT2D eigenvalue weighted by Gasteiger charge is 2.23. The Hall–Kier alpha value is -3.80. The minimum Gasteiger partial charge on any atom is -0.352 e. The van der Waals surface area contributed by atoms with Crippen molar-refractivity contribution in [1.29, 1.82) is 0 Å². The summed E-state index contributed by atoms with van der Waals surface area (Å²) in [5, 5.41) is 11.3. The predicted octanol–water partition coefficient (Wildman–Crippen LogP) is 3.65. The van der Waals surface area contributed by atoms with Gasteiger partial charge in [0.1, 0.15) is 5.69 Å². The Labute approximate surface area is 174 Å². The van der Waals surface area contributed by atoms with Gasteiger partial charge in [-0.2, -0.15) is 0 Å². The molecular weight excluding hydrogens is 374 g/mol. The van der Waals surface area contributed by atoms with Gasteiger partial charge in [0.05, 0.1) is 5.69 Å². The molecule has 1 aliphatic heterocycles. The van der Waals surface area contributed by atoms with Crippen LogP contribution in [-0.4, -0.2) is 52.2 Å². The number of fused-ring (bicyclic) bond motifs is 1. The molecule has 2 aromatic heterocycles. The van der Waals surface area contributed by atoms with Crippen LogP contribution in [0.25, 0.3) is 22.0 Å². The van der Waals surface area contributed by atoms with E-state index in [0.29, 0.717) is 18.8 Å². The lowest BCUT2D eigenvalue weighted by Gasteiger charge is -2.35. The van der Waals surface area contributed by atoms with Gasteiger partial charge in [0.15, 0.2) is 5.82 Å². The van der Waals surface area contributed by atoms with Gasteiger partial charge in [0.25, 0.3) is 5.91 Å². The molecule has 0 aliphatic carbocycles. The van der Waals surface area contributed by atoms with Gasteiger partial charge in [-0.25, -0.2) is 0 Å². The standard InChI is InChI=1S/C24H21N5O/c30-24(22-7-3-4-12-25-22)29-15-13-28(14-16-29)23-11-10-21(26-27-23)20-9-8-18-5-1-2-6-19(18)17-20/h1-12,17H,13-16H2. The number of aromatic nitrogens is 3. The molecule has 2 aromatic carbocycles. The molecule has 0 atom stereocenters. The van der Waals surface area contributed by atoms with Gasteiger partial charge in [0.2, 0.25) is 0 Å². The fraction of sp³-hybridized carbons (Fsp3) is 0.167. The number of pyridine rings is 1. The van der Waals surface area contributed by atoms with Crippen LogP contribution < -0.4 is 4.90 Å². The number of anilines is 1. The summed E-state index contributed by atoms with van der Waals surface area (Å²) in [6.45, 7) is 2.73. The fourth-order valence-corrected chi connectivity index (χ4v) is 3.79. The Morgan fingerprint density at radius 2 is 1.57 bits per heavy atom. The summed E-state index contributed by atoms with van der Waals surface area (Å²) in [5.41, 5.74) is 2.40. The van der Waals surface area contributed by atoms with Crippen molar-refractivity contribution in [3.05, 3.63) is 84.7 Å². The molecule has 0 spiro atoms. The maximum Gasteiger partial charge on any atom is 0.272 e. The number of hydrogen-bond donors (Lipinski definition) is 0. The van der Waals surface area contributed by atoms with Crippen LogP contribution >= 0.6 is 0 Å². The normalized spacial score (nSPS) is 14.1. The van der Waals surface area contributed by atoms with E-state index >= 15 is 0 Å². The van der Waals surface area contributed by atoms with Gasteiger partial charge >= 0.3 is 0 Å². The number of amides is 1. The largest absolute Gasteiger partial charge is 0.352 e. The average Bonchev–Trinajstić information content (AvgIpc) is 2.84. The van der Waals surface area contributed by atoms with Crippen molar-refractivity contribution in [3.63, 3.8) is 0 Å². The topological polar surface area (TPSA) is 62.2 Å². The minimum absolute atomic E-state index is 0.0204. The van der Waals surface area contributed by atoms with Gasteiger partial charge in [0, 0.05) is 37.9 Å². The zero-order valence-corrected chi connectivity index (χ0v) is 16.5. The molecule has 1 aliphatic rings. The molecule has 0 radical (unpaired) electrons. The molecule has 3 heterocycles. The van der Waals surface area contributed by atoms with Gasteiger partial charge < -0.3 is 9.80 Å². The monoisotopic (exact) mass is 395 g/mol. The number of rotatable bonds is 3. The second-order valence-electron chi connectivity index (χ2n) is 7.33. The highest BCUT2D eigenvalue weighted by atomic mass is 16.2. The van der Waals surface area contributed by atoms with E-state index < -0.39 is 0 Å². The fourth-order valence-electron chi connectivity index (χ4n) is 3.79. The molecule has 6 heteroatoms. The predicted molar refractivity (Wildman–Crippen MR) is 117 cm³/mol. The second kappa shape index (κ2) is 7.91. The number of hydrogen-bond acceptors (Lipinski definition) is 5. The minimum atomic E-state index is -0.0204. The summed E-state index contributed by atoms with van der Waals surface area (Å²) < 4.78 is 0. The lowest BCUT2D eigenvalue weighted by Crippen LogP contribution is -2.49. The van der Waals surface area contributed by atoms with Crippen LogP contribution in [0.5, 0.6) is 0 Å². The van der Waals surface area contributed by atoms with E-state index in [1.807, 2.05) is 41.3 Å². The maximum absolute atomic E-state index is 12.6. The van der Waals surface area contributed by atoms with E-state index in [4.69, 9.17) is 0 Å². The molecule has 1 fully saturated rings. The Balaban J connectivity index is 1.26. The third-order valence-corrected chi connectivity index (χ3v) is 5.47. The van der Waals surface area contributed by atoms with Gasteiger partial charge in [-0.05, 0) is 41.1 Å². The highest BCUT2D eigenvalue weighted by molar-refractivity contribution is 5.92. The smallest absolute Gasteiger partial charge is 0.272 e. The summed E-state index contributed by atoms with van der Waals surface area (Å²) in [6, 6.07) is 24.0. The van der Waals surface area contributed by atoms with Crippen LogP contribution in [0.1, 0.15) is 10.5 Å². The lowest BCUT2D eigenvalue weighted by molar-refractivity contribution is 0.0740. The number of carbonyl (C=O) groups is 1. The summed E-state index contributed by atoms with van der Waals surface area (Å²) in [4.78, 5) is 20.7. The van der Waals surface area contributed by atoms with Crippen molar-refractivity contribution in [2.75, 3.05) is 31.1 Å². The highest BCUT2D eigenvalue weighted by Crippen LogP contribution is 2.24. The van der Waals surface area contributed by atoms with Crippen LogP contribution in [0.3, 0.4) is 0 Å². The molecule has 1 saturated heterocycles. The quantitative estimate of drug-likeness (QED) is 0.530. The van der Waals surface area contributed by atoms with Crippen molar-refractivity contribution >= 4 is 22.5 Å².